The molecule has 0 radical (unpaired) electrons. The van der Waals surface area contributed by atoms with E-state index in [1.807, 2.05) is 0 Å². The molecule has 0 saturated heterocycles. The van der Waals surface area contributed by atoms with Crippen LogP contribution < -0.4 is 20.5 Å². The van der Waals surface area contributed by atoms with Crippen molar-refractivity contribution in [3.8, 4) is 11.5 Å². The number of carbonyl (C=O) groups is 2. The fourth-order valence-electron chi connectivity index (χ4n) is 3.90. The Labute approximate surface area is 169 Å². The zero-order valence-electron chi connectivity index (χ0n) is 16.5. The van der Waals surface area contributed by atoms with Crippen molar-refractivity contribution in [2.45, 2.75) is 39.0 Å². The Balaban J connectivity index is 1.95. The molecular formula is C21H26N2O4S. The number of nitrogens with two attached hydrogens (primary N) is 1. The molecule has 2 aromatic rings. The Kier molecular flexibility index (Phi) is 6.24. The number of ether oxygens (including phenoxy) is 2. The van der Waals surface area contributed by atoms with Crippen LogP contribution in [0.3, 0.4) is 0 Å². The maximum absolute atomic E-state index is 13.0. The number of rotatable bonds is 7. The highest BCUT2D eigenvalue weighted by molar-refractivity contribution is 7.17. The predicted octanol–water partition coefficient (Wildman–Crippen LogP) is 4.02. The lowest BCUT2D eigenvalue weighted by atomic mass is 9.84. The quantitative estimate of drug-likeness (QED) is 0.732. The molecule has 0 spiro atoms. The number of hydrogen-bond donors (Lipinski definition) is 2. The number of carbonyl (C=O) groups excluding carboxylic acids is 2. The van der Waals surface area contributed by atoms with Crippen molar-refractivity contribution in [3.05, 3.63) is 39.8 Å². The summed E-state index contributed by atoms with van der Waals surface area (Å²) in [5.74, 6) is 0.535. The molecule has 3 rings (SSSR count). The van der Waals surface area contributed by atoms with E-state index in [-0.39, 0.29) is 11.5 Å². The van der Waals surface area contributed by atoms with Crippen LogP contribution >= 0.6 is 11.3 Å². The first-order valence-corrected chi connectivity index (χ1v) is 10.3. The van der Waals surface area contributed by atoms with Gasteiger partial charge < -0.3 is 20.5 Å². The lowest BCUT2D eigenvalue weighted by Gasteiger charge is -2.21. The second-order valence-electron chi connectivity index (χ2n) is 6.96. The van der Waals surface area contributed by atoms with E-state index < -0.39 is 5.91 Å². The molecule has 1 atom stereocenters. The van der Waals surface area contributed by atoms with Gasteiger partial charge in [0.2, 0.25) is 0 Å². The molecule has 150 valence electrons. The molecule has 1 aliphatic carbocycles. The molecular weight excluding hydrogens is 376 g/mol. The molecule has 28 heavy (non-hydrogen) atoms. The van der Waals surface area contributed by atoms with Gasteiger partial charge in [0.15, 0.2) is 0 Å². The van der Waals surface area contributed by atoms with Crippen molar-refractivity contribution in [2.24, 2.45) is 11.7 Å². The molecule has 3 N–H and O–H groups in total. The van der Waals surface area contributed by atoms with E-state index in [9.17, 15) is 9.59 Å². The molecule has 1 aromatic heterocycles. The molecule has 0 aliphatic heterocycles. The Morgan fingerprint density at radius 2 is 1.89 bits per heavy atom. The summed E-state index contributed by atoms with van der Waals surface area (Å²) in [5.41, 5.74) is 7.39. The average Bonchev–Trinajstić information content (AvgIpc) is 3.04. The van der Waals surface area contributed by atoms with Gasteiger partial charge in [-0.15, -0.1) is 11.3 Å². The molecule has 1 aromatic carbocycles. The summed E-state index contributed by atoms with van der Waals surface area (Å²) in [4.78, 5) is 26.3. The Morgan fingerprint density at radius 3 is 2.46 bits per heavy atom. The first-order valence-electron chi connectivity index (χ1n) is 9.46. The molecule has 1 heterocycles. The lowest BCUT2D eigenvalue weighted by molar-refractivity contribution is 0.1000. The highest BCUT2D eigenvalue weighted by atomic mass is 32.1. The highest BCUT2D eigenvalue weighted by Gasteiger charge is 2.29. The van der Waals surface area contributed by atoms with Crippen LogP contribution in [0.2, 0.25) is 0 Å². The van der Waals surface area contributed by atoms with Gasteiger partial charge in [0.05, 0.1) is 19.8 Å². The summed E-state index contributed by atoms with van der Waals surface area (Å²) >= 11 is 1.46. The summed E-state index contributed by atoms with van der Waals surface area (Å²) < 4.78 is 10.6. The third kappa shape index (κ3) is 3.85. The number of nitrogens with one attached hydrogen (secondary N) is 1. The minimum Gasteiger partial charge on any atom is -0.496 e. The molecule has 2 amide bonds. The average molecular weight is 403 g/mol. The fourth-order valence-corrected chi connectivity index (χ4v) is 5.26. The maximum atomic E-state index is 13.0. The number of anilines is 1. The van der Waals surface area contributed by atoms with Crippen LogP contribution in [-0.4, -0.2) is 26.0 Å². The van der Waals surface area contributed by atoms with E-state index in [1.54, 1.807) is 18.2 Å². The van der Waals surface area contributed by atoms with Crippen molar-refractivity contribution >= 4 is 28.2 Å². The summed E-state index contributed by atoms with van der Waals surface area (Å²) in [6, 6.07) is 5.14. The monoisotopic (exact) mass is 402 g/mol. The van der Waals surface area contributed by atoms with Gasteiger partial charge in [-0.3, -0.25) is 9.59 Å². The van der Waals surface area contributed by atoms with Crippen LogP contribution in [0.25, 0.3) is 0 Å². The van der Waals surface area contributed by atoms with E-state index in [0.717, 1.165) is 36.1 Å². The summed E-state index contributed by atoms with van der Waals surface area (Å²) in [6.07, 6.45) is 5.12. The van der Waals surface area contributed by atoms with Gasteiger partial charge in [-0.2, -0.15) is 0 Å². The number of amides is 2. The van der Waals surface area contributed by atoms with Crippen molar-refractivity contribution < 1.29 is 19.1 Å². The molecule has 6 nitrogen and oxygen atoms in total. The van der Waals surface area contributed by atoms with Crippen molar-refractivity contribution in [2.75, 3.05) is 19.5 Å². The number of methoxy groups -OCH3 is 2. The van der Waals surface area contributed by atoms with Crippen molar-refractivity contribution in [1.82, 2.24) is 0 Å². The number of primary amides is 1. The van der Waals surface area contributed by atoms with Gasteiger partial charge in [-0.05, 0) is 42.9 Å². The first kappa shape index (κ1) is 20.2. The molecule has 0 bridgehead atoms. The summed E-state index contributed by atoms with van der Waals surface area (Å²) in [6.45, 7) is 2.19. The number of hydrogen-bond acceptors (Lipinski definition) is 5. The number of thiophene rings is 1. The molecule has 7 heteroatoms. The minimum atomic E-state index is -0.506. The smallest absolute Gasteiger partial charge is 0.263 e. The molecule has 0 saturated carbocycles. The second-order valence-corrected chi connectivity index (χ2v) is 8.07. The third-order valence-electron chi connectivity index (χ3n) is 5.19. The largest absolute Gasteiger partial charge is 0.496 e. The predicted molar refractivity (Wildman–Crippen MR) is 111 cm³/mol. The molecule has 0 fully saturated rings. The van der Waals surface area contributed by atoms with Crippen LogP contribution in [0.4, 0.5) is 5.00 Å². The van der Waals surface area contributed by atoms with Gasteiger partial charge in [-0.1, -0.05) is 25.8 Å². The van der Waals surface area contributed by atoms with Crippen LogP contribution in [0.15, 0.2) is 18.2 Å². The third-order valence-corrected chi connectivity index (χ3v) is 6.36. The summed E-state index contributed by atoms with van der Waals surface area (Å²) in [5, 5.41) is 3.39. The van der Waals surface area contributed by atoms with Crippen LogP contribution in [0.5, 0.6) is 11.5 Å². The van der Waals surface area contributed by atoms with Crippen molar-refractivity contribution in [3.63, 3.8) is 0 Å². The van der Waals surface area contributed by atoms with E-state index in [4.69, 9.17) is 15.2 Å². The van der Waals surface area contributed by atoms with Crippen molar-refractivity contribution in [1.29, 1.82) is 0 Å². The standard InChI is InChI=1S/C21H26N2O4S/c1-4-6-12-9-10-13-16(11-12)28-21(17(13)19(22)24)23-20(25)18-14(26-2)7-5-8-15(18)27-3/h5,7-8,12H,4,6,9-11H2,1-3H3,(H2,22,24)(H,23,25). The van der Waals surface area contributed by atoms with Gasteiger partial charge in [-0.25, -0.2) is 0 Å². The highest BCUT2D eigenvalue weighted by Crippen LogP contribution is 2.41. The summed E-state index contributed by atoms with van der Waals surface area (Å²) in [7, 11) is 3.00. The van der Waals surface area contributed by atoms with Gasteiger partial charge in [0, 0.05) is 4.88 Å². The minimum absolute atomic E-state index is 0.290. The Hall–Kier alpha value is -2.54. The second kappa shape index (κ2) is 8.65. The van der Waals surface area contributed by atoms with Gasteiger partial charge >= 0.3 is 0 Å². The Bertz CT molecular complexity index is 869. The van der Waals surface area contributed by atoms with E-state index in [1.165, 1.54) is 32.0 Å². The van der Waals surface area contributed by atoms with Crippen LogP contribution in [0, 0.1) is 5.92 Å². The fraction of sp³-hybridized carbons (Fsp3) is 0.429. The van der Waals surface area contributed by atoms with Crippen LogP contribution in [0.1, 0.15) is 57.3 Å². The number of benzene rings is 1. The zero-order chi connectivity index (χ0) is 20.3. The lowest BCUT2D eigenvalue weighted by Crippen LogP contribution is -2.20. The maximum Gasteiger partial charge on any atom is 0.263 e. The topological polar surface area (TPSA) is 90.7 Å². The SMILES string of the molecule is CCCC1CCc2c(sc(NC(=O)c3c(OC)cccc3OC)c2C(N)=O)C1. The van der Waals surface area contributed by atoms with E-state index in [0.29, 0.717) is 28.0 Å². The van der Waals surface area contributed by atoms with E-state index in [2.05, 4.69) is 12.2 Å². The first-order chi connectivity index (χ1) is 13.5. The zero-order valence-corrected chi connectivity index (χ0v) is 17.3. The molecule has 1 aliphatic rings. The van der Waals surface area contributed by atoms with Gasteiger partial charge in [0.1, 0.15) is 22.1 Å². The number of fused-ring (bicyclic) bond motifs is 1. The normalized spacial score (nSPS) is 15.6. The Morgan fingerprint density at radius 1 is 1.21 bits per heavy atom. The van der Waals surface area contributed by atoms with Gasteiger partial charge in [0.25, 0.3) is 11.8 Å². The van der Waals surface area contributed by atoms with E-state index >= 15 is 0 Å². The molecule has 1 unspecified atom stereocenters. The van der Waals surface area contributed by atoms with Crippen LogP contribution in [-0.2, 0) is 12.8 Å².